The van der Waals surface area contributed by atoms with Crippen LogP contribution < -0.4 is 5.73 Å². The van der Waals surface area contributed by atoms with Gasteiger partial charge in [-0.15, -0.1) is 0 Å². The lowest BCUT2D eigenvalue weighted by Crippen LogP contribution is -2.14. The Morgan fingerprint density at radius 3 is 2.69 bits per heavy atom. The van der Waals surface area contributed by atoms with Gasteiger partial charge in [-0.2, -0.15) is 0 Å². The lowest BCUT2D eigenvalue weighted by atomic mass is 10.0. The van der Waals surface area contributed by atoms with Crippen molar-refractivity contribution < 1.29 is 9.32 Å². The average molecular weight is 216 g/mol. The maximum Gasteiger partial charge on any atom is 0.182 e. The van der Waals surface area contributed by atoms with Crippen molar-refractivity contribution in [3.63, 3.8) is 0 Å². The van der Waals surface area contributed by atoms with Crippen LogP contribution in [-0.2, 0) is 0 Å². The first-order chi connectivity index (χ1) is 7.74. The molecule has 0 fully saturated rings. The summed E-state index contributed by atoms with van der Waals surface area (Å²) in [6.07, 6.45) is 0. The fourth-order valence-electron chi connectivity index (χ4n) is 1.60. The predicted octanol–water partition coefficient (Wildman–Crippen LogP) is 1.79. The molecule has 4 nitrogen and oxygen atoms in total. The number of hydrogen-bond donors (Lipinski definition) is 1. The molecule has 1 aromatic carbocycles. The zero-order valence-corrected chi connectivity index (χ0v) is 8.93. The van der Waals surface area contributed by atoms with Gasteiger partial charge >= 0.3 is 0 Å². The minimum atomic E-state index is -0.155. The van der Waals surface area contributed by atoms with E-state index in [9.17, 15) is 4.79 Å². The number of aromatic nitrogens is 1. The van der Waals surface area contributed by atoms with Gasteiger partial charge in [0, 0.05) is 5.56 Å². The number of nitrogens with two attached hydrogens (primary N) is 1. The number of hydrogen-bond acceptors (Lipinski definition) is 4. The molecule has 0 aliphatic heterocycles. The molecule has 0 bridgehead atoms. The Hall–Kier alpha value is -1.94. The Balaban J connectivity index is 2.55. The first-order valence-corrected chi connectivity index (χ1v) is 4.99. The summed E-state index contributed by atoms with van der Waals surface area (Å²) in [6.45, 7) is 1.67. The Labute approximate surface area is 93.1 Å². The highest BCUT2D eigenvalue weighted by molar-refractivity contribution is 6.03. The van der Waals surface area contributed by atoms with Crippen LogP contribution in [0, 0.1) is 6.92 Å². The molecule has 0 amide bonds. The molecular weight excluding hydrogens is 204 g/mol. The number of ketones is 1. The van der Waals surface area contributed by atoms with Crippen LogP contribution in [0.15, 0.2) is 34.9 Å². The second-order valence-electron chi connectivity index (χ2n) is 3.46. The Morgan fingerprint density at radius 2 is 2.06 bits per heavy atom. The summed E-state index contributed by atoms with van der Waals surface area (Å²) in [7, 11) is 0. The maximum atomic E-state index is 11.7. The first kappa shape index (κ1) is 10.6. The maximum absolute atomic E-state index is 11.7. The van der Waals surface area contributed by atoms with Crippen molar-refractivity contribution in [3.05, 3.63) is 41.7 Å². The fourth-order valence-corrected chi connectivity index (χ4v) is 1.60. The molecule has 0 saturated carbocycles. The van der Waals surface area contributed by atoms with Gasteiger partial charge in [0.05, 0.1) is 12.1 Å². The van der Waals surface area contributed by atoms with Crippen molar-refractivity contribution in [1.29, 1.82) is 0 Å². The van der Waals surface area contributed by atoms with E-state index in [0.717, 1.165) is 5.56 Å². The minimum absolute atomic E-state index is 0.0398. The highest BCUT2D eigenvalue weighted by Gasteiger charge is 2.19. The smallest absolute Gasteiger partial charge is 0.182 e. The number of nitrogens with zero attached hydrogens (tertiary/aromatic N) is 1. The van der Waals surface area contributed by atoms with Gasteiger partial charge in [0.2, 0.25) is 0 Å². The molecule has 0 radical (unpaired) electrons. The molecule has 82 valence electrons. The second kappa shape index (κ2) is 4.28. The minimum Gasteiger partial charge on any atom is -0.360 e. The van der Waals surface area contributed by atoms with Crippen molar-refractivity contribution in [3.8, 4) is 11.3 Å². The van der Waals surface area contributed by atoms with E-state index in [1.54, 1.807) is 6.92 Å². The van der Waals surface area contributed by atoms with E-state index in [2.05, 4.69) is 5.16 Å². The summed E-state index contributed by atoms with van der Waals surface area (Å²) in [5.74, 6) is 0.354. The van der Waals surface area contributed by atoms with Gasteiger partial charge in [-0.25, -0.2) is 0 Å². The zero-order chi connectivity index (χ0) is 11.5. The molecule has 1 heterocycles. The summed E-state index contributed by atoms with van der Waals surface area (Å²) < 4.78 is 5.05. The van der Waals surface area contributed by atoms with Gasteiger partial charge in [-0.05, 0) is 6.92 Å². The summed E-state index contributed by atoms with van der Waals surface area (Å²) in [4.78, 5) is 11.7. The van der Waals surface area contributed by atoms with Crippen molar-refractivity contribution >= 4 is 5.78 Å². The molecule has 2 rings (SSSR count). The lowest BCUT2D eigenvalue weighted by molar-refractivity contribution is 0.100. The van der Waals surface area contributed by atoms with E-state index in [-0.39, 0.29) is 12.3 Å². The molecule has 4 heteroatoms. The van der Waals surface area contributed by atoms with E-state index >= 15 is 0 Å². The van der Waals surface area contributed by atoms with Gasteiger partial charge in [-0.3, -0.25) is 4.79 Å². The quantitative estimate of drug-likeness (QED) is 0.794. The van der Waals surface area contributed by atoms with Crippen LogP contribution in [0.3, 0.4) is 0 Å². The average Bonchev–Trinajstić information content (AvgIpc) is 2.71. The van der Waals surface area contributed by atoms with E-state index in [1.807, 2.05) is 30.3 Å². The third kappa shape index (κ3) is 1.75. The van der Waals surface area contributed by atoms with E-state index in [4.69, 9.17) is 10.3 Å². The molecule has 0 unspecified atom stereocenters. The van der Waals surface area contributed by atoms with Crippen molar-refractivity contribution in [2.24, 2.45) is 5.73 Å². The standard InChI is InChI=1S/C12H12N2O2/c1-8-11(10(15)7-13)12(14-16-8)9-5-3-2-4-6-9/h2-6H,7,13H2,1H3. The second-order valence-corrected chi connectivity index (χ2v) is 3.46. The lowest BCUT2D eigenvalue weighted by Gasteiger charge is -1.99. The fraction of sp³-hybridized carbons (Fsp3) is 0.167. The summed E-state index contributed by atoms with van der Waals surface area (Å²) in [6, 6.07) is 9.43. The van der Waals surface area contributed by atoms with Crippen LogP contribution in [-0.4, -0.2) is 17.5 Å². The third-order valence-corrected chi connectivity index (χ3v) is 2.37. The molecule has 1 aromatic heterocycles. The molecule has 0 aliphatic rings. The Morgan fingerprint density at radius 1 is 1.38 bits per heavy atom. The highest BCUT2D eigenvalue weighted by Crippen LogP contribution is 2.24. The number of carbonyl (C=O) groups is 1. The van der Waals surface area contributed by atoms with Crippen molar-refractivity contribution in [2.75, 3.05) is 6.54 Å². The van der Waals surface area contributed by atoms with Crippen LogP contribution in [0.2, 0.25) is 0 Å². The zero-order valence-electron chi connectivity index (χ0n) is 8.93. The predicted molar refractivity (Wildman–Crippen MR) is 60.1 cm³/mol. The van der Waals surface area contributed by atoms with Gasteiger partial charge in [0.1, 0.15) is 11.5 Å². The number of benzene rings is 1. The highest BCUT2D eigenvalue weighted by atomic mass is 16.5. The number of rotatable bonds is 3. The van der Waals surface area contributed by atoms with Crippen LogP contribution in [0.1, 0.15) is 16.1 Å². The van der Waals surface area contributed by atoms with Gasteiger partial charge in [0.15, 0.2) is 5.78 Å². The van der Waals surface area contributed by atoms with Gasteiger partial charge < -0.3 is 10.3 Å². The van der Waals surface area contributed by atoms with Gasteiger partial charge in [-0.1, -0.05) is 35.5 Å². The molecule has 0 atom stereocenters. The summed E-state index contributed by atoms with van der Waals surface area (Å²) in [5, 5.41) is 3.90. The molecule has 0 aliphatic carbocycles. The van der Waals surface area contributed by atoms with Crippen LogP contribution >= 0.6 is 0 Å². The van der Waals surface area contributed by atoms with Gasteiger partial charge in [0.25, 0.3) is 0 Å². The summed E-state index contributed by atoms with van der Waals surface area (Å²) >= 11 is 0. The normalized spacial score (nSPS) is 10.4. The first-order valence-electron chi connectivity index (χ1n) is 4.99. The van der Waals surface area contributed by atoms with Crippen LogP contribution in [0.5, 0.6) is 0 Å². The van der Waals surface area contributed by atoms with Crippen molar-refractivity contribution in [2.45, 2.75) is 6.92 Å². The largest absolute Gasteiger partial charge is 0.360 e. The van der Waals surface area contributed by atoms with E-state index in [0.29, 0.717) is 17.0 Å². The monoisotopic (exact) mass is 216 g/mol. The Bertz CT molecular complexity index is 503. The van der Waals surface area contributed by atoms with E-state index in [1.165, 1.54) is 0 Å². The van der Waals surface area contributed by atoms with Crippen LogP contribution in [0.4, 0.5) is 0 Å². The number of Topliss-reactive ketones (excluding diaryl/α,β-unsaturated/α-hetero) is 1. The molecule has 0 saturated heterocycles. The molecular formula is C12H12N2O2. The molecule has 16 heavy (non-hydrogen) atoms. The topological polar surface area (TPSA) is 69.1 Å². The summed E-state index contributed by atoms with van der Waals surface area (Å²) in [5.41, 5.74) is 7.26. The molecule has 2 aromatic rings. The van der Waals surface area contributed by atoms with Crippen LogP contribution in [0.25, 0.3) is 11.3 Å². The number of carbonyl (C=O) groups excluding carboxylic acids is 1. The Kier molecular flexibility index (Phi) is 2.83. The number of aryl methyl sites for hydroxylation is 1. The van der Waals surface area contributed by atoms with E-state index < -0.39 is 0 Å². The SMILES string of the molecule is Cc1onc(-c2ccccc2)c1C(=O)CN. The third-order valence-electron chi connectivity index (χ3n) is 2.37. The molecule has 0 spiro atoms. The van der Waals surface area contributed by atoms with Crippen molar-refractivity contribution in [1.82, 2.24) is 5.16 Å². The molecule has 2 N–H and O–H groups in total.